The highest BCUT2D eigenvalue weighted by Crippen LogP contribution is 2.22. The Bertz CT molecular complexity index is 834. The molecule has 0 unspecified atom stereocenters. The van der Waals surface area contributed by atoms with Crippen molar-refractivity contribution in [2.45, 2.75) is 13.8 Å². The van der Waals surface area contributed by atoms with E-state index in [0.717, 1.165) is 22.4 Å². The highest BCUT2D eigenvalue weighted by atomic mass is 16.6. The number of nitrogens with zero attached hydrogens (tertiary/aromatic N) is 1. The van der Waals surface area contributed by atoms with E-state index in [9.17, 15) is 4.79 Å². The maximum atomic E-state index is 12.0. The lowest BCUT2D eigenvalue weighted by atomic mass is 10.1. The summed E-state index contributed by atoms with van der Waals surface area (Å²) in [4.78, 5) is 16.4. The summed E-state index contributed by atoms with van der Waals surface area (Å²) in [6, 6.07) is 13.3. The summed E-state index contributed by atoms with van der Waals surface area (Å²) in [5, 5.41) is 0. The van der Waals surface area contributed by atoms with Crippen LogP contribution in [-0.2, 0) is 9.53 Å². The normalized spacial score (nSPS) is 15.5. The molecule has 2 aromatic rings. The standard InChI is InChI=1S/C19H17NO3/c1-12-7-8-15(9-13(12)2)18-20-17(19(21)23-18)11-14-5-4-6-16(10-14)22-3/h4-11H,1-3H3/b17-11-. The van der Waals surface area contributed by atoms with Gasteiger partial charge < -0.3 is 9.47 Å². The molecule has 0 amide bonds. The van der Waals surface area contributed by atoms with Crippen LogP contribution in [-0.4, -0.2) is 19.0 Å². The fraction of sp³-hybridized carbons (Fsp3) is 0.158. The van der Waals surface area contributed by atoms with Crippen LogP contribution in [0.3, 0.4) is 0 Å². The molecule has 23 heavy (non-hydrogen) atoms. The topological polar surface area (TPSA) is 47.9 Å². The first-order valence-electron chi connectivity index (χ1n) is 7.31. The number of benzene rings is 2. The van der Waals surface area contributed by atoms with Crippen molar-refractivity contribution in [3.63, 3.8) is 0 Å². The van der Waals surface area contributed by atoms with Crippen LogP contribution in [0.25, 0.3) is 6.08 Å². The zero-order chi connectivity index (χ0) is 16.4. The Labute approximate surface area is 135 Å². The van der Waals surface area contributed by atoms with Gasteiger partial charge in [-0.25, -0.2) is 9.79 Å². The summed E-state index contributed by atoms with van der Waals surface area (Å²) in [7, 11) is 1.60. The molecular formula is C19H17NO3. The van der Waals surface area contributed by atoms with Gasteiger partial charge in [-0.1, -0.05) is 18.2 Å². The Kier molecular flexibility index (Phi) is 3.98. The zero-order valence-corrected chi connectivity index (χ0v) is 13.3. The first-order valence-corrected chi connectivity index (χ1v) is 7.31. The van der Waals surface area contributed by atoms with E-state index in [4.69, 9.17) is 9.47 Å². The van der Waals surface area contributed by atoms with E-state index < -0.39 is 5.97 Å². The molecule has 0 aliphatic carbocycles. The lowest BCUT2D eigenvalue weighted by Crippen LogP contribution is -2.05. The van der Waals surface area contributed by atoms with Crippen LogP contribution < -0.4 is 4.74 Å². The van der Waals surface area contributed by atoms with Crippen LogP contribution in [0.1, 0.15) is 22.3 Å². The highest BCUT2D eigenvalue weighted by molar-refractivity contribution is 6.12. The van der Waals surface area contributed by atoms with Crippen molar-refractivity contribution in [2.24, 2.45) is 4.99 Å². The van der Waals surface area contributed by atoms with Gasteiger partial charge in [-0.05, 0) is 60.9 Å². The van der Waals surface area contributed by atoms with Crippen LogP contribution in [0.5, 0.6) is 5.75 Å². The SMILES string of the molecule is COc1cccc(/C=C2\N=C(c3ccc(C)c(C)c3)OC2=O)c1. The number of rotatable bonds is 3. The minimum Gasteiger partial charge on any atom is -0.497 e. The van der Waals surface area contributed by atoms with Gasteiger partial charge in [0.25, 0.3) is 0 Å². The van der Waals surface area contributed by atoms with Crippen LogP contribution in [0.4, 0.5) is 0 Å². The highest BCUT2D eigenvalue weighted by Gasteiger charge is 2.24. The number of aryl methyl sites for hydroxylation is 2. The number of aliphatic imine (C=N–C) groups is 1. The number of cyclic esters (lactones) is 1. The summed E-state index contributed by atoms with van der Waals surface area (Å²) in [6.45, 7) is 4.05. The van der Waals surface area contributed by atoms with Crippen molar-refractivity contribution in [3.05, 3.63) is 70.4 Å². The molecule has 1 heterocycles. The summed E-state index contributed by atoms with van der Waals surface area (Å²) in [6.07, 6.45) is 1.69. The van der Waals surface area contributed by atoms with Crippen LogP contribution >= 0.6 is 0 Å². The molecule has 0 aromatic heterocycles. The van der Waals surface area contributed by atoms with Gasteiger partial charge in [0.2, 0.25) is 5.90 Å². The van der Waals surface area contributed by atoms with Gasteiger partial charge >= 0.3 is 5.97 Å². The van der Waals surface area contributed by atoms with Crippen LogP contribution in [0.15, 0.2) is 53.2 Å². The maximum Gasteiger partial charge on any atom is 0.363 e. The largest absolute Gasteiger partial charge is 0.497 e. The van der Waals surface area contributed by atoms with Crippen LogP contribution in [0.2, 0.25) is 0 Å². The fourth-order valence-corrected chi connectivity index (χ4v) is 2.30. The number of ether oxygens (including phenoxy) is 2. The predicted molar refractivity (Wildman–Crippen MR) is 89.5 cm³/mol. The molecule has 1 aliphatic heterocycles. The van der Waals surface area contributed by atoms with Gasteiger partial charge in [0.05, 0.1) is 7.11 Å². The summed E-state index contributed by atoms with van der Waals surface area (Å²) in [5.41, 5.74) is 4.24. The molecule has 0 saturated heterocycles. The van der Waals surface area contributed by atoms with E-state index in [2.05, 4.69) is 4.99 Å². The number of methoxy groups -OCH3 is 1. The molecule has 4 nitrogen and oxygen atoms in total. The van der Waals surface area contributed by atoms with Gasteiger partial charge in [0.15, 0.2) is 5.70 Å². The Morgan fingerprint density at radius 3 is 2.65 bits per heavy atom. The smallest absolute Gasteiger partial charge is 0.363 e. The molecule has 0 N–H and O–H groups in total. The van der Waals surface area contributed by atoms with E-state index in [1.807, 2.05) is 56.3 Å². The van der Waals surface area contributed by atoms with E-state index in [0.29, 0.717) is 5.90 Å². The first-order chi connectivity index (χ1) is 11.1. The van der Waals surface area contributed by atoms with Crippen molar-refractivity contribution in [3.8, 4) is 5.75 Å². The fourth-order valence-electron chi connectivity index (χ4n) is 2.30. The quantitative estimate of drug-likeness (QED) is 0.642. The third-order valence-corrected chi connectivity index (χ3v) is 3.77. The first kappa shape index (κ1) is 15.0. The second kappa shape index (κ2) is 6.08. The molecule has 4 heteroatoms. The number of hydrogen-bond donors (Lipinski definition) is 0. The minimum atomic E-state index is -0.443. The molecule has 0 atom stereocenters. The third-order valence-electron chi connectivity index (χ3n) is 3.77. The molecule has 0 fully saturated rings. The van der Waals surface area contributed by atoms with E-state index in [1.54, 1.807) is 13.2 Å². The van der Waals surface area contributed by atoms with E-state index in [1.165, 1.54) is 5.56 Å². The molecule has 0 saturated carbocycles. The van der Waals surface area contributed by atoms with Gasteiger partial charge in [-0.3, -0.25) is 0 Å². The maximum absolute atomic E-state index is 12.0. The lowest BCUT2D eigenvalue weighted by molar-refractivity contribution is -0.129. The van der Waals surface area contributed by atoms with Crippen molar-refractivity contribution < 1.29 is 14.3 Å². The number of esters is 1. The Hall–Kier alpha value is -2.88. The van der Waals surface area contributed by atoms with Crippen molar-refractivity contribution in [1.82, 2.24) is 0 Å². The number of hydrogen-bond acceptors (Lipinski definition) is 4. The molecule has 116 valence electrons. The Balaban J connectivity index is 1.94. The Morgan fingerprint density at radius 1 is 1.09 bits per heavy atom. The average molecular weight is 307 g/mol. The van der Waals surface area contributed by atoms with Crippen LogP contribution in [0, 0.1) is 13.8 Å². The average Bonchev–Trinajstić information content (AvgIpc) is 2.91. The van der Waals surface area contributed by atoms with Crippen molar-refractivity contribution in [2.75, 3.05) is 7.11 Å². The van der Waals surface area contributed by atoms with E-state index >= 15 is 0 Å². The monoisotopic (exact) mass is 307 g/mol. The number of carbonyl (C=O) groups excluding carboxylic acids is 1. The third kappa shape index (κ3) is 3.16. The minimum absolute atomic E-state index is 0.284. The van der Waals surface area contributed by atoms with Gasteiger partial charge in [0, 0.05) is 5.56 Å². The van der Waals surface area contributed by atoms with Crippen molar-refractivity contribution >= 4 is 17.9 Å². The van der Waals surface area contributed by atoms with Gasteiger partial charge in [-0.15, -0.1) is 0 Å². The Morgan fingerprint density at radius 2 is 1.91 bits per heavy atom. The van der Waals surface area contributed by atoms with Gasteiger partial charge in [-0.2, -0.15) is 0 Å². The molecular weight excluding hydrogens is 290 g/mol. The molecule has 0 bridgehead atoms. The van der Waals surface area contributed by atoms with Crippen molar-refractivity contribution in [1.29, 1.82) is 0 Å². The van der Waals surface area contributed by atoms with Gasteiger partial charge in [0.1, 0.15) is 5.75 Å². The molecule has 3 rings (SSSR count). The second-order valence-corrected chi connectivity index (χ2v) is 5.41. The van der Waals surface area contributed by atoms with E-state index in [-0.39, 0.29) is 5.70 Å². The molecule has 1 aliphatic rings. The molecule has 0 radical (unpaired) electrons. The molecule has 2 aromatic carbocycles. The predicted octanol–water partition coefficient (Wildman–Crippen LogP) is 3.66. The second-order valence-electron chi connectivity index (χ2n) is 5.41. The summed E-state index contributed by atoms with van der Waals surface area (Å²) in [5.74, 6) is 0.623. The summed E-state index contributed by atoms with van der Waals surface area (Å²) < 4.78 is 10.5. The summed E-state index contributed by atoms with van der Waals surface area (Å²) >= 11 is 0. The lowest BCUT2D eigenvalue weighted by Gasteiger charge is -2.03. The molecule has 0 spiro atoms. The number of carbonyl (C=O) groups is 1. The zero-order valence-electron chi connectivity index (χ0n) is 13.3.